The van der Waals surface area contributed by atoms with Gasteiger partial charge in [-0.25, -0.2) is 0 Å². The van der Waals surface area contributed by atoms with Crippen LogP contribution in [0.15, 0.2) is 42.5 Å². The Hall–Kier alpha value is -3.75. The van der Waals surface area contributed by atoms with E-state index in [2.05, 4.69) is 15.4 Å². The van der Waals surface area contributed by atoms with Gasteiger partial charge in [-0.1, -0.05) is 18.2 Å². The second-order valence-electron chi connectivity index (χ2n) is 5.42. The molecule has 1 heterocycles. The van der Waals surface area contributed by atoms with Crippen LogP contribution in [0.1, 0.15) is 10.4 Å². The van der Waals surface area contributed by atoms with Crippen LogP contribution in [0.5, 0.6) is 17.2 Å². The lowest BCUT2D eigenvalue weighted by Gasteiger charge is -2.13. The molecule has 0 bridgehead atoms. The van der Waals surface area contributed by atoms with Gasteiger partial charge in [0.1, 0.15) is 0 Å². The number of nitrogens with two attached hydrogens (primary N) is 1. The number of rotatable bonds is 6. The molecule has 0 aliphatic heterocycles. The lowest BCUT2D eigenvalue weighted by Crippen LogP contribution is -2.17. The van der Waals surface area contributed by atoms with Crippen LogP contribution in [0.25, 0.3) is 0 Å². The zero-order valence-corrected chi connectivity index (χ0v) is 15.1. The van der Waals surface area contributed by atoms with E-state index in [9.17, 15) is 4.79 Å². The molecule has 0 radical (unpaired) electrons. The molecule has 9 heteroatoms. The van der Waals surface area contributed by atoms with Crippen LogP contribution in [0, 0.1) is 0 Å². The third kappa shape index (κ3) is 3.61. The van der Waals surface area contributed by atoms with Crippen molar-refractivity contribution in [2.24, 2.45) is 0 Å². The van der Waals surface area contributed by atoms with E-state index < -0.39 is 5.91 Å². The number of benzene rings is 2. The second kappa shape index (κ2) is 7.65. The average molecular weight is 369 g/mol. The first-order valence-electron chi connectivity index (χ1n) is 7.96. The van der Waals surface area contributed by atoms with E-state index in [-0.39, 0.29) is 17.5 Å². The molecular formula is C18H19N5O4. The number of carbonyl (C=O) groups is 1. The second-order valence-corrected chi connectivity index (χ2v) is 5.42. The van der Waals surface area contributed by atoms with E-state index in [1.807, 2.05) is 30.3 Å². The fraction of sp³-hybridized carbons (Fsp3) is 0.167. The molecule has 0 saturated heterocycles. The van der Waals surface area contributed by atoms with Crippen molar-refractivity contribution < 1.29 is 19.0 Å². The fourth-order valence-corrected chi connectivity index (χ4v) is 2.50. The minimum absolute atomic E-state index is 0.0489. The van der Waals surface area contributed by atoms with Crippen LogP contribution in [0.2, 0.25) is 0 Å². The van der Waals surface area contributed by atoms with Crippen molar-refractivity contribution in [2.75, 3.05) is 32.4 Å². The largest absolute Gasteiger partial charge is 0.493 e. The molecule has 0 fully saturated rings. The monoisotopic (exact) mass is 369 g/mol. The fourth-order valence-electron chi connectivity index (χ4n) is 2.50. The number of para-hydroxylation sites is 1. The molecule has 0 aliphatic rings. The molecule has 27 heavy (non-hydrogen) atoms. The summed E-state index contributed by atoms with van der Waals surface area (Å²) in [4.78, 5) is 17.0. The Balaban J connectivity index is 1.94. The quantitative estimate of drug-likeness (QED) is 0.680. The molecular weight excluding hydrogens is 350 g/mol. The molecule has 0 saturated carbocycles. The SMILES string of the molecule is COc1cc(C(=O)n2nc(Nc3ccccc3)nc2N)cc(OC)c1OC. The molecule has 3 N–H and O–H groups in total. The lowest BCUT2D eigenvalue weighted by atomic mass is 10.1. The number of anilines is 3. The van der Waals surface area contributed by atoms with Crippen LogP contribution in [-0.4, -0.2) is 42.0 Å². The standard InChI is InChI=1S/C18H19N5O4/c1-25-13-9-11(10-14(26-2)15(13)27-3)16(24)23-17(19)21-18(22-23)20-12-7-5-4-6-8-12/h4-10H,1-3H3,(H3,19,20,21,22). The number of ether oxygens (including phenoxy) is 3. The number of methoxy groups -OCH3 is 3. The summed E-state index contributed by atoms with van der Waals surface area (Å²) in [6.45, 7) is 0. The first-order chi connectivity index (χ1) is 13.1. The summed E-state index contributed by atoms with van der Waals surface area (Å²) in [5.74, 6) is 0.754. The topological polar surface area (TPSA) is 114 Å². The summed E-state index contributed by atoms with van der Waals surface area (Å²) < 4.78 is 16.8. The first-order valence-corrected chi connectivity index (χ1v) is 7.96. The van der Waals surface area contributed by atoms with Crippen LogP contribution < -0.4 is 25.3 Å². The highest BCUT2D eigenvalue weighted by Crippen LogP contribution is 2.38. The Morgan fingerprint density at radius 1 is 1.04 bits per heavy atom. The van der Waals surface area contributed by atoms with Gasteiger partial charge in [0.25, 0.3) is 5.91 Å². The number of nitrogens with zero attached hydrogens (tertiary/aromatic N) is 3. The molecule has 0 spiro atoms. The highest BCUT2D eigenvalue weighted by Gasteiger charge is 2.21. The van der Waals surface area contributed by atoms with E-state index in [0.29, 0.717) is 17.2 Å². The predicted octanol–water partition coefficient (Wildman–Crippen LogP) is 2.32. The number of nitrogens with one attached hydrogen (secondary N) is 1. The summed E-state index contributed by atoms with van der Waals surface area (Å²) in [6.07, 6.45) is 0. The molecule has 2 aromatic carbocycles. The molecule has 0 atom stereocenters. The Kier molecular flexibility index (Phi) is 5.11. The van der Waals surface area contributed by atoms with E-state index in [4.69, 9.17) is 19.9 Å². The van der Waals surface area contributed by atoms with Gasteiger partial charge < -0.3 is 25.3 Å². The number of hydrogen-bond donors (Lipinski definition) is 2. The maximum absolute atomic E-state index is 12.9. The lowest BCUT2D eigenvalue weighted by molar-refractivity contribution is 0.0947. The van der Waals surface area contributed by atoms with Crippen LogP contribution in [0.3, 0.4) is 0 Å². The first kappa shape index (κ1) is 18.1. The molecule has 0 aliphatic carbocycles. The van der Waals surface area contributed by atoms with Crippen molar-refractivity contribution >= 4 is 23.5 Å². The zero-order chi connectivity index (χ0) is 19.4. The Labute approximate surface area is 155 Å². The maximum Gasteiger partial charge on any atom is 0.281 e. The third-order valence-corrected chi connectivity index (χ3v) is 3.77. The van der Waals surface area contributed by atoms with E-state index in [1.165, 1.54) is 33.5 Å². The van der Waals surface area contributed by atoms with E-state index in [0.717, 1.165) is 10.4 Å². The Morgan fingerprint density at radius 3 is 2.22 bits per heavy atom. The van der Waals surface area contributed by atoms with Crippen molar-refractivity contribution in [3.8, 4) is 17.2 Å². The van der Waals surface area contributed by atoms with Gasteiger partial charge in [0, 0.05) is 11.3 Å². The number of nitrogen functional groups attached to an aromatic ring is 1. The number of aromatic nitrogens is 3. The van der Waals surface area contributed by atoms with Gasteiger partial charge in [0.15, 0.2) is 11.5 Å². The number of hydrogen-bond acceptors (Lipinski definition) is 8. The Bertz CT molecular complexity index is 931. The van der Waals surface area contributed by atoms with Crippen molar-refractivity contribution in [1.82, 2.24) is 14.8 Å². The van der Waals surface area contributed by atoms with Crippen molar-refractivity contribution in [2.45, 2.75) is 0 Å². The maximum atomic E-state index is 12.9. The van der Waals surface area contributed by atoms with Crippen LogP contribution >= 0.6 is 0 Å². The van der Waals surface area contributed by atoms with Gasteiger partial charge >= 0.3 is 0 Å². The Morgan fingerprint density at radius 2 is 1.67 bits per heavy atom. The smallest absolute Gasteiger partial charge is 0.281 e. The molecule has 0 amide bonds. The molecule has 9 nitrogen and oxygen atoms in total. The third-order valence-electron chi connectivity index (χ3n) is 3.77. The van der Waals surface area contributed by atoms with Gasteiger partial charge in [0.05, 0.1) is 21.3 Å². The van der Waals surface area contributed by atoms with E-state index >= 15 is 0 Å². The summed E-state index contributed by atoms with van der Waals surface area (Å²) in [7, 11) is 4.42. The van der Waals surface area contributed by atoms with Gasteiger partial charge in [-0.3, -0.25) is 4.79 Å². The summed E-state index contributed by atoms with van der Waals surface area (Å²) in [5.41, 5.74) is 6.90. The van der Waals surface area contributed by atoms with Crippen molar-refractivity contribution in [3.63, 3.8) is 0 Å². The van der Waals surface area contributed by atoms with E-state index in [1.54, 1.807) is 0 Å². The average Bonchev–Trinajstić information content (AvgIpc) is 3.06. The normalized spacial score (nSPS) is 10.3. The molecule has 3 rings (SSSR count). The van der Waals surface area contributed by atoms with Crippen LogP contribution in [0.4, 0.5) is 17.6 Å². The zero-order valence-electron chi connectivity index (χ0n) is 15.1. The van der Waals surface area contributed by atoms with Crippen molar-refractivity contribution in [1.29, 1.82) is 0 Å². The van der Waals surface area contributed by atoms with Crippen molar-refractivity contribution in [3.05, 3.63) is 48.0 Å². The predicted molar refractivity (Wildman–Crippen MR) is 100.0 cm³/mol. The van der Waals surface area contributed by atoms with Gasteiger partial charge in [0.2, 0.25) is 17.6 Å². The molecule has 1 aromatic heterocycles. The van der Waals surface area contributed by atoms with Gasteiger partial charge in [-0.2, -0.15) is 9.67 Å². The van der Waals surface area contributed by atoms with Crippen LogP contribution in [-0.2, 0) is 0 Å². The summed E-state index contributed by atoms with van der Waals surface area (Å²) in [6, 6.07) is 12.4. The summed E-state index contributed by atoms with van der Waals surface area (Å²) in [5, 5.41) is 7.13. The summed E-state index contributed by atoms with van der Waals surface area (Å²) >= 11 is 0. The minimum atomic E-state index is -0.486. The molecule has 0 unspecified atom stereocenters. The highest BCUT2D eigenvalue weighted by atomic mass is 16.5. The van der Waals surface area contributed by atoms with Gasteiger partial charge in [-0.15, -0.1) is 5.10 Å². The van der Waals surface area contributed by atoms with Gasteiger partial charge in [-0.05, 0) is 24.3 Å². The minimum Gasteiger partial charge on any atom is -0.493 e. The molecule has 3 aromatic rings. The highest BCUT2D eigenvalue weighted by molar-refractivity contribution is 5.98. The number of carbonyl (C=O) groups excluding carboxylic acids is 1. The molecule has 140 valence electrons.